The number of hydrogen-bond donors (Lipinski definition) is 0. The summed E-state index contributed by atoms with van der Waals surface area (Å²) in [5.74, 6) is 1.14. The van der Waals surface area contributed by atoms with Crippen LogP contribution < -0.4 is 24.4 Å². The zero-order valence-electron chi connectivity index (χ0n) is 24.0. The van der Waals surface area contributed by atoms with Crippen LogP contribution in [0, 0.1) is 0 Å². The van der Waals surface area contributed by atoms with Gasteiger partial charge in [-0.3, -0.25) is 14.2 Å². The molecule has 1 aliphatic heterocycles. The summed E-state index contributed by atoms with van der Waals surface area (Å²) >= 11 is 7.29. The third-order valence-electron chi connectivity index (χ3n) is 7.21. The number of allylic oxidation sites excluding steroid dienone is 1. The van der Waals surface area contributed by atoms with Crippen LogP contribution in [0.15, 0.2) is 93.9 Å². The largest absolute Gasteiger partial charge is 0.496 e. The predicted octanol–water partition coefficient (Wildman–Crippen LogP) is 5.34. The van der Waals surface area contributed by atoms with E-state index in [0.717, 1.165) is 16.7 Å². The van der Waals surface area contributed by atoms with Gasteiger partial charge in [0.25, 0.3) is 11.5 Å². The van der Waals surface area contributed by atoms with E-state index in [0.29, 0.717) is 56.8 Å². The number of aromatic nitrogens is 1. The van der Waals surface area contributed by atoms with Crippen LogP contribution in [-0.2, 0) is 11.4 Å². The second-order valence-electron chi connectivity index (χ2n) is 9.79. The van der Waals surface area contributed by atoms with Crippen molar-refractivity contribution in [2.75, 3.05) is 20.2 Å². The molecule has 3 aromatic carbocycles. The van der Waals surface area contributed by atoms with Crippen molar-refractivity contribution in [1.82, 2.24) is 9.47 Å². The highest BCUT2D eigenvalue weighted by Crippen LogP contribution is 2.36. The fourth-order valence-corrected chi connectivity index (χ4v) is 6.23. The zero-order valence-corrected chi connectivity index (χ0v) is 25.5. The van der Waals surface area contributed by atoms with Gasteiger partial charge in [-0.15, -0.1) is 0 Å². The summed E-state index contributed by atoms with van der Waals surface area (Å²) in [6, 6.07) is 21.9. The lowest BCUT2D eigenvalue weighted by Crippen LogP contribution is -2.43. The van der Waals surface area contributed by atoms with E-state index >= 15 is 0 Å². The van der Waals surface area contributed by atoms with Crippen molar-refractivity contribution in [1.29, 1.82) is 0 Å². The fraction of sp³-hybridized carbons (Fsp3) is 0.242. The van der Waals surface area contributed by atoms with Gasteiger partial charge in [0.2, 0.25) is 0 Å². The number of rotatable bonds is 9. The van der Waals surface area contributed by atoms with Gasteiger partial charge < -0.3 is 14.4 Å². The van der Waals surface area contributed by atoms with Crippen LogP contribution in [0.3, 0.4) is 0 Å². The van der Waals surface area contributed by atoms with Gasteiger partial charge in [-0.1, -0.05) is 65.4 Å². The molecule has 0 bridgehead atoms. The molecule has 4 aromatic rings. The molecule has 0 saturated heterocycles. The molecule has 9 heteroatoms. The lowest BCUT2D eigenvalue weighted by Gasteiger charge is -2.29. The monoisotopic (exact) mass is 601 g/mol. The minimum Gasteiger partial charge on any atom is -0.496 e. The number of likely N-dealkylation sites (N-methyl/N-ethyl adjacent to an activating group) is 1. The average molecular weight is 602 g/mol. The molecule has 2 heterocycles. The van der Waals surface area contributed by atoms with E-state index in [1.54, 1.807) is 16.6 Å². The molecule has 1 aromatic heterocycles. The number of carbonyl (C=O) groups excluding carboxylic acids is 1. The van der Waals surface area contributed by atoms with Crippen LogP contribution in [0.1, 0.15) is 43.5 Å². The number of methoxy groups -OCH3 is 1. The van der Waals surface area contributed by atoms with Crippen molar-refractivity contribution < 1.29 is 14.3 Å². The summed E-state index contributed by atoms with van der Waals surface area (Å²) in [4.78, 5) is 34.9. The molecule has 216 valence electrons. The molecular formula is C33H32ClN3O4S. The first-order valence-electron chi connectivity index (χ1n) is 13.8. The molecule has 0 saturated carbocycles. The predicted molar refractivity (Wildman–Crippen MR) is 167 cm³/mol. The van der Waals surface area contributed by atoms with Crippen LogP contribution in [-0.4, -0.2) is 35.6 Å². The number of thiazole rings is 1. The number of halogens is 1. The molecule has 0 N–H and O–H groups in total. The zero-order chi connectivity index (χ0) is 29.8. The number of fused-ring (bicyclic) bond motifs is 1. The number of amides is 1. The Hall–Kier alpha value is -4.14. The van der Waals surface area contributed by atoms with E-state index in [1.807, 2.05) is 99.6 Å². The summed E-state index contributed by atoms with van der Waals surface area (Å²) in [7, 11) is 1.59. The number of ether oxygens (including phenoxy) is 2. The van der Waals surface area contributed by atoms with E-state index < -0.39 is 6.04 Å². The van der Waals surface area contributed by atoms with Gasteiger partial charge in [0.05, 0.1) is 22.9 Å². The van der Waals surface area contributed by atoms with Crippen molar-refractivity contribution in [3.63, 3.8) is 0 Å². The molecule has 5 rings (SSSR count). The van der Waals surface area contributed by atoms with Crippen molar-refractivity contribution >= 4 is 34.9 Å². The first-order valence-corrected chi connectivity index (χ1v) is 15.0. The minimum absolute atomic E-state index is 0.142. The summed E-state index contributed by atoms with van der Waals surface area (Å²) in [6.45, 7) is 7.20. The summed E-state index contributed by atoms with van der Waals surface area (Å²) in [5.41, 5.74) is 3.39. The van der Waals surface area contributed by atoms with E-state index in [9.17, 15) is 9.59 Å². The molecule has 0 unspecified atom stereocenters. The Morgan fingerprint density at radius 3 is 2.52 bits per heavy atom. The van der Waals surface area contributed by atoms with Gasteiger partial charge in [0.15, 0.2) is 4.80 Å². The Labute approximate surface area is 253 Å². The molecule has 1 aliphatic rings. The number of benzene rings is 3. The third kappa shape index (κ3) is 5.91. The maximum Gasteiger partial charge on any atom is 0.271 e. The van der Waals surface area contributed by atoms with Gasteiger partial charge in [-0.05, 0) is 68.3 Å². The number of hydrogen-bond acceptors (Lipinski definition) is 6. The van der Waals surface area contributed by atoms with Crippen LogP contribution in [0.2, 0.25) is 5.02 Å². The molecule has 0 fully saturated rings. The first-order chi connectivity index (χ1) is 20.3. The van der Waals surface area contributed by atoms with Crippen LogP contribution >= 0.6 is 22.9 Å². The Kier molecular flexibility index (Phi) is 8.94. The quantitative estimate of drug-likeness (QED) is 0.259. The molecule has 0 aliphatic carbocycles. The Balaban J connectivity index is 1.58. The highest BCUT2D eigenvalue weighted by atomic mass is 35.5. The number of carbonyl (C=O) groups is 1. The first kappa shape index (κ1) is 29.4. The topological polar surface area (TPSA) is 73.1 Å². The average Bonchev–Trinajstić information content (AvgIpc) is 3.30. The van der Waals surface area contributed by atoms with Crippen LogP contribution in [0.25, 0.3) is 6.08 Å². The second-order valence-corrected chi connectivity index (χ2v) is 11.2. The molecule has 1 atom stereocenters. The highest BCUT2D eigenvalue weighted by molar-refractivity contribution is 7.07. The van der Waals surface area contributed by atoms with Crippen molar-refractivity contribution in [2.24, 2.45) is 4.99 Å². The Morgan fingerprint density at radius 2 is 1.81 bits per heavy atom. The minimum atomic E-state index is -0.679. The molecule has 0 spiro atoms. The summed E-state index contributed by atoms with van der Waals surface area (Å²) in [6.07, 6.45) is 1.84. The number of para-hydroxylation sites is 1. The number of nitrogens with zero attached hydrogens (tertiary/aromatic N) is 3. The lowest BCUT2D eigenvalue weighted by molar-refractivity contribution is -0.127. The molecule has 0 radical (unpaired) electrons. The third-order valence-corrected chi connectivity index (χ3v) is 8.45. The van der Waals surface area contributed by atoms with E-state index in [1.165, 1.54) is 11.3 Å². The van der Waals surface area contributed by atoms with Crippen molar-refractivity contribution in [2.45, 2.75) is 33.4 Å². The van der Waals surface area contributed by atoms with E-state index in [2.05, 4.69) is 0 Å². The van der Waals surface area contributed by atoms with Crippen molar-refractivity contribution in [3.8, 4) is 11.5 Å². The Bertz CT molecular complexity index is 1820. The van der Waals surface area contributed by atoms with Crippen LogP contribution in [0.4, 0.5) is 0 Å². The van der Waals surface area contributed by atoms with Gasteiger partial charge in [0, 0.05) is 23.7 Å². The van der Waals surface area contributed by atoms with Crippen LogP contribution in [0.5, 0.6) is 11.5 Å². The summed E-state index contributed by atoms with van der Waals surface area (Å²) < 4.78 is 13.8. The normalized spacial score (nSPS) is 14.8. The SMILES string of the molecule is CCN(CC)C(=O)C1=C(C)N=c2s/c(=C/c3cccc(OCc4ccc(Cl)cc4)c3)c(=O)n2[C@H]1c1ccccc1OC. The second kappa shape index (κ2) is 12.8. The van der Waals surface area contributed by atoms with E-state index in [4.69, 9.17) is 26.1 Å². The lowest BCUT2D eigenvalue weighted by atomic mass is 9.94. The van der Waals surface area contributed by atoms with Gasteiger partial charge in [0.1, 0.15) is 24.1 Å². The molecular weight excluding hydrogens is 570 g/mol. The maximum absolute atomic E-state index is 14.1. The standard InChI is InChI=1S/C33H32ClN3O4S/c1-5-36(6-2)32(39)29-21(3)35-33-37(30(29)26-12-7-8-13-27(26)40-4)31(38)28(42-33)19-23-10-9-11-25(18-23)41-20-22-14-16-24(34)17-15-22/h7-19,30H,5-6,20H2,1-4H3/b28-19+/t30-/m0/s1. The smallest absolute Gasteiger partial charge is 0.271 e. The fourth-order valence-electron chi connectivity index (χ4n) is 5.06. The van der Waals surface area contributed by atoms with Gasteiger partial charge in [-0.25, -0.2) is 4.99 Å². The van der Waals surface area contributed by atoms with E-state index in [-0.39, 0.29) is 11.5 Å². The molecule has 1 amide bonds. The van der Waals surface area contributed by atoms with Gasteiger partial charge >= 0.3 is 0 Å². The molecule has 42 heavy (non-hydrogen) atoms. The van der Waals surface area contributed by atoms with Crippen molar-refractivity contribution in [3.05, 3.63) is 125 Å². The Morgan fingerprint density at radius 1 is 1.07 bits per heavy atom. The maximum atomic E-state index is 14.1. The highest BCUT2D eigenvalue weighted by Gasteiger charge is 2.35. The van der Waals surface area contributed by atoms with Gasteiger partial charge in [-0.2, -0.15) is 0 Å². The molecule has 7 nitrogen and oxygen atoms in total. The summed E-state index contributed by atoms with van der Waals surface area (Å²) in [5, 5.41) is 0.676.